The van der Waals surface area contributed by atoms with Gasteiger partial charge in [0.15, 0.2) is 10.2 Å². The van der Waals surface area contributed by atoms with E-state index in [4.69, 9.17) is 2.74 Å². The molecule has 0 aromatic carbocycles. The van der Waals surface area contributed by atoms with Gasteiger partial charge in [0.2, 0.25) is 0 Å². The molecule has 3 heteroatoms. The Morgan fingerprint density at radius 1 is 1.43 bits per heavy atom. The Labute approximate surface area is 48.1 Å². The summed E-state index contributed by atoms with van der Waals surface area (Å²) in [6, 6.07) is 0. The first-order valence-corrected chi connectivity index (χ1v) is 2.54. The number of hydrogen-bond donors (Lipinski definition) is 0. The van der Waals surface area contributed by atoms with E-state index in [9.17, 15) is 9.59 Å². The van der Waals surface area contributed by atoms with Gasteiger partial charge < -0.3 is 0 Å². The molecule has 1 rings (SSSR count). The molecular formula is C4H4O2S. The Bertz CT molecular complexity index is 152. The molecule has 1 fully saturated rings. The van der Waals surface area contributed by atoms with Gasteiger partial charge in [-0.2, -0.15) is 0 Å². The van der Waals surface area contributed by atoms with Gasteiger partial charge in [-0.05, 0) is 11.8 Å². The lowest BCUT2D eigenvalue weighted by Crippen LogP contribution is -1.76. The van der Waals surface area contributed by atoms with E-state index in [0.29, 0.717) is 11.8 Å². The smallest absolute Gasteiger partial charge is 0.196 e. The molecule has 2 nitrogen and oxygen atoms in total. The predicted octanol–water partition coefficient (Wildman–Crippen LogP) is 0.567. The summed E-state index contributed by atoms with van der Waals surface area (Å²) in [6.07, 6.45) is -2.30. The van der Waals surface area contributed by atoms with Crippen molar-refractivity contribution in [1.82, 2.24) is 0 Å². The van der Waals surface area contributed by atoms with Gasteiger partial charge in [-0.1, -0.05) is 0 Å². The summed E-state index contributed by atoms with van der Waals surface area (Å²) in [5.74, 6) is 0. The number of carbonyl (C=O) groups is 2. The lowest BCUT2D eigenvalue weighted by atomic mass is 10.4. The van der Waals surface area contributed by atoms with Crippen LogP contribution in [0.2, 0.25) is 0 Å². The Hall–Kier alpha value is -0.310. The van der Waals surface area contributed by atoms with Crippen LogP contribution >= 0.6 is 11.8 Å². The molecule has 0 radical (unpaired) electrons. The second-order valence-electron chi connectivity index (χ2n) is 1.07. The zero-order chi connectivity index (χ0) is 7.02. The third-order valence-electron chi connectivity index (χ3n) is 0.557. The minimum Gasteiger partial charge on any atom is -0.287 e. The Kier molecular flexibility index (Phi) is 0.679. The van der Waals surface area contributed by atoms with E-state index in [1.165, 1.54) is 0 Å². The minimum atomic E-state index is -1.15. The first-order chi connectivity index (χ1) is 4.13. The molecule has 38 valence electrons. The van der Waals surface area contributed by atoms with Gasteiger partial charge in [-0.25, -0.2) is 0 Å². The molecular weight excluding hydrogens is 112 g/mol. The van der Waals surface area contributed by atoms with Crippen LogP contribution in [0.4, 0.5) is 0 Å². The van der Waals surface area contributed by atoms with Crippen molar-refractivity contribution in [3.05, 3.63) is 0 Å². The van der Waals surface area contributed by atoms with Gasteiger partial charge in [0.1, 0.15) is 0 Å². The molecule has 2 unspecified atom stereocenters. The highest BCUT2D eigenvalue weighted by molar-refractivity contribution is 8.26. The summed E-state index contributed by atoms with van der Waals surface area (Å²) < 4.78 is 13.8. The molecule has 1 aliphatic rings. The first-order valence-electron chi connectivity index (χ1n) is 2.88. The molecule has 1 saturated heterocycles. The van der Waals surface area contributed by atoms with E-state index in [2.05, 4.69) is 0 Å². The molecule has 0 aromatic rings. The Balaban J connectivity index is 2.77. The summed E-state index contributed by atoms with van der Waals surface area (Å²) in [4.78, 5) is 20.9. The standard InChI is InChI=1S/C4H4O2S/c5-3-1-2-4(6)7-3/h1-2H2/i1D,2D. The summed E-state index contributed by atoms with van der Waals surface area (Å²) in [5, 5.41) is -1.000. The molecule has 7 heavy (non-hydrogen) atoms. The van der Waals surface area contributed by atoms with Crippen LogP contribution in [0.15, 0.2) is 0 Å². The molecule has 0 amide bonds. The van der Waals surface area contributed by atoms with E-state index >= 15 is 0 Å². The van der Waals surface area contributed by atoms with E-state index in [1.807, 2.05) is 0 Å². The molecule has 0 aromatic heterocycles. The molecule has 0 aliphatic carbocycles. The Morgan fingerprint density at radius 3 is 2.00 bits per heavy atom. The lowest BCUT2D eigenvalue weighted by molar-refractivity contribution is -0.112. The molecule has 1 heterocycles. The fourth-order valence-electron chi connectivity index (χ4n) is 0.303. The van der Waals surface area contributed by atoms with E-state index < -0.39 is 23.0 Å². The van der Waals surface area contributed by atoms with Gasteiger partial charge in [0.25, 0.3) is 0 Å². The third-order valence-corrected chi connectivity index (χ3v) is 1.23. The van der Waals surface area contributed by atoms with Crippen LogP contribution in [0.3, 0.4) is 0 Å². The van der Waals surface area contributed by atoms with Crippen molar-refractivity contribution in [2.45, 2.75) is 12.8 Å². The van der Waals surface area contributed by atoms with Crippen LogP contribution in [0.25, 0.3) is 0 Å². The van der Waals surface area contributed by atoms with Crippen molar-refractivity contribution in [1.29, 1.82) is 0 Å². The maximum Gasteiger partial charge on any atom is 0.196 e. The molecule has 0 N–H and O–H groups in total. The van der Waals surface area contributed by atoms with Crippen molar-refractivity contribution in [2.24, 2.45) is 0 Å². The highest BCUT2D eigenvalue weighted by Gasteiger charge is 2.18. The number of thioether (sulfide) groups is 1. The monoisotopic (exact) mass is 118 g/mol. The highest BCUT2D eigenvalue weighted by atomic mass is 32.2. The van der Waals surface area contributed by atoms with Crippen LogP contribution in [0, 0.1) is 0 Å². The van der Waals surface area contributed by atoms with E-state index in [-0.39, 0.29) is 0 Å². The van der Waals surface area contributed by atoms with Gasteiger partial charge in [-0.3, -0.25) is 9.59 Å². The molecule has 1 aliphatic heterocycles. The van der Waals surface area contributed by atoms with Gasteiger partial charge in [-0.15, -0.1) is 0 Å². The third kappa shape index (κ3) is 1.03. The van der Waals surface area contributed by atoms with E-state index in [1.54, 1.807) is 0 Å². The van der Waals surface area contributed by atoms with Crippen molar-refractivity contribution >= 4 is 22.0 Å². The van der Waals surface area contributed by atoms with Crippen LogP contribution in [-0.2, 0) is 9.59 Å². The number of carbonyl (C=O) groups excluding carboxylic acids is 2. The van der Waals surface area contributed by atoms with Crippen molar-refractivity contribution in [2.75, 3.05) is 0 Å². The van der Waals surface area contributed by atoms with Crippen LogP contribution < -0.4 is 0 Å². The fraction of sp³-hybridized carbons (Fsp3) is 0.500. The average molecular weight is 118 g/mol. The van der Waals surface area contributed by atoms with Crippen LogP contribution in [-0.4, -0.2) is 10.2 Å². The maximum absolute atomic E-state index is 10.4. The fourth-order valence-corrected chi connectivity index (χ4v) is 0.774. The first kappa shape index (κ1) is 2.87. The molecule has 2 atom stereocenters. The zero-order valence-electron chi connectivity index (χ0n) is 5.38. The largest absolute Gasteiger partial charge is 0.287 e. The zero-order valence-corrected chi connectivity index (χ0v) is 4.20. The highest BCUT2D eigenvalue weighted by Crippen LogP contribution is 2.19. The second kappa shape index (κ2) is 1.66. The summed E-state index contributed by atoms with van der Waals surface area (Å²) in [7, 11) is 0. The van der Waals surface area contributed by atoms with Crippen molar-refractivity contribution in [3.8, 4) is 0 Å². The van der Waals surface area contributed by atoms with Crippen LogP contribution in [0.5, 0.6) is 0 Å². The Morgan fingerprint density at radius 2 is 1.86 bits per heavy atom. The summed E-state index contributed by atoms with van der Waals surface area (Å²) in [5.41, 5.74) is 0. The molecule has 0 spiro atoms. The average Bonchev–Trinajstić information content (AvgIpc) is 1.98. The van der Waals surface area contributed by atoms with Gasteiger partial charge in [0, 0.05) is 15.5 Å². The van der Waals surface area contributed by atoms with Crippen LogP contribution in [0.1, 0.15) is 15.5 Å². The van der Waals surface area contributed by atoms with E-state index in [0.717, 1.165) is 0 Å². The molecule has 0 bridgehead atoms. The quantitative estimate of drug-likeness (QED) is 0.466. The summed E-state index contributed by atoms with van der Waals surface area (Å²) in [6.45, 7) is 0. The van der Waals surface area contributed by atoms with Crippen molar-refractivity contribution < 1.29 is 12.3 Å². The normalized spacial score (nSPS) is 46.3. The topological polar surface area (TPSA) is 34.1 Å². The van der Waals surface area contributed by atoms with Gasteiger partial charge >= 0.3 is 0 Å². The maximum atomic E-state index is 10.4. The second-order valence-corrected chi connectivity index (χ2v) is 2.08. The molecule has 0 saturated carbocycles. The lowest BCUT2D eigenvalue weighted by Gasteiger charge is -1.70. The summed E-state index contributed by atoms with van der Waals surface area (Å²) >= 11 is 0.484. The predicted molar refractivity (Wildman–Crippen MR) is 26.8 cm³/mol. The SMILES string of the molecule is [2H]C1C(=O)SC(=O)C1[2H]. The minimum absolute atomic E-state index is 0.484. The van der Waals surface area contributed by atoms with Crippen molar-refractivity contribution in [3.63, 3.8) is 0 Å². The van der Waals surface area contributed by atoms with Gasteiger partial charge in [0.05, 0.1) is 0 Å². The number of rotatable bonds is 0. The number of hydrogen-bond acceptors (Lipinski definition) is 3.